The van der Waals surface area contributed by atoms with E-state index >= 15 is 0 Å². The van der Waals surface area contributed by atoms with Gasteiger partial charge in [-0.1, -0.05) is 19.4 Å². The Kier molecular flexibility index (Phi) is 5.36. The quantitative estimate of drug-likeness (QED) is 0.407. The summed E-state index contributed by atoms with van der Waals surface area (Å²) >= 11 is 0. The lowest BCUT2D eigenvalue weighted by atomic mass is 9.93. The maximum Gasteiger partial charge on any atom is 0.224 e. The summed E-state index contributed by atoms with van der Waals surface area (Å²) in [6.45, 7) is 4.36. The molecule has 1 aliphatic rings. The smallest absolute Gasteiger partial charge is 0.224 e. The van der Waals surface area contributed by atoms with Crippen molar-refractivity contribution < 1.29 is 5.11 Å². The molecule has 1 aliphatic carbocycles. The van der Waals surface area contributed by atoms with Gasteiger partial charge in [-0.25, -0.2) is 4.98 Å². The highest BCUT2D eigenvalue weighted by Crippen LogP contribution is 2.37. The Bertz CT molecular complexity index is 1190. The van der Waals surface area contributed by atoms with Crippen molar-refractivity contribution in [3.05, 3.63) is 36.8 Å². The lowest BCUT2D eigenvalue weighted by Gasteiger charge is -2.27. The fraction of sp³-hybridized carbons (Fsp3) is 0.458. The zero-order chi connectivity index (χ0) is 21.4. The van der Waals surface area contributed by atoms with Crippen molar-refractivity contribution in [1.29, 1.82) is 0 Å². The molecule has 0 saturated heterocycles. The minimum Gasteiger partial charge on any atom is -0.393 e. The Labute approximate surface area is 181 Å². The van der Waals surface area contributed by atoms with Crippen LogP contribution in [0.5, 0.6) is 0 Å². The topological polar surface area (TPSA) is 91.7 Å². The second-order valence-electron chi connectivity index (χ2n) is 8.85. The summed E-state index contributed by atoms with van der Waals surface area (Å²) in [7, 11) is 0. The summed E-state index contributed by atoms with van der Waals surface area (Å²) in [6.07, 6.45) is 11.7. The van der Waals surface area contributed by atoms with Crippen LogP contribution in [-0.4, -0.2) is 42.0 Å². The van der Waals surface area contributed by atoms with Crippen LogP contribution in [0.15, 0.2) is 36.8 Å². The molecule has 0 bridgehead atoms. The van der Waals surface area contributed by atoms with E-state index in [0.717, 1.165) is 71.6 Å². The zero-order valence-corrected chi connectivity index (χ0v) is 18.2. The third-order valence-corrected chi connectivity index (χ3v) is 6.48. The number of aliphatic hydroxyl groups excluding tert-OH is 1. The monoisotopic (exact) mass is 418 g/mol. The number of nitrogens with zero attached hydrogens (tertiary/aromatic N) is 4. The maximum absolute atomic E-state index is 9.99. The van der Waals surface area contributed by atoms with Gasteiger partial charge in [0.25, 0.3) is 0 Å². The lowest BCUT2D eigenvalue weighted by Crippen LogP contribution is -2.21. The molecule has 31 heavy (non-hydrogen) atoms. The van der Waals surface area contributed by atoms with Gasteiger partial charge in [-0.2, -0.15) is 10.1 Å². The number of aromatic amines is 1. The SMILES string of the molecule is CCCC(C)Nc1ncc2c(-c3ccc4[nH]ncc4c3)cn([C@H]3CC[C@H](O)CC3)c2n1. The first-order valence-corrected chi connectivity index (χ1v) is 11.4. The van der Waals surface area contributed by atoms with Crippen molar-refractivity contribution in [3.8, 4) is 11.1 Å². The molecule has 7 nitrogen and oxygen atoms in total. The normalized spacial score (nSPS) is 20.4. The van der Waals surface area contributed by atoms with E-state index in [4.69, 9.17) is 4.98 Å². The minimum absolute atomic E-state index is 0.178. The molecule has 162 valence electrons. The molecule has 1 fully saturated rings. The highest BCUT2D eigenvalue weighted by Gasteiger charge is 2.24. The molecule has 0 aliphatic heterocycles. The van der Waals surface area contributed by atoms with Crippen LogP contribution in [0, 0.1) is 0 Å². The number of hydrogen-bond acceptors (Lipinski definition) is 5. The van der Waals surface area contributed by atoms with Crippen molar-refractivity contribution in [2.45, 2.75) is 70.6 Å². The van der Waals surface area contributed by atoms with E-state index in [1.54, 1.807) is 0 Å². The Balaban J connectivity index is 1.60. The molecule has 1 aromatic carbocycles. The van der Waals surface area contributed by atoms with Crippen molar-refractivity contribution >= 4 is 27.9 Å². The third-order valence-electron chi connectivity index (χ3n) is 6.48. The van der Waals surface area contributed by atoms with Gasteiger partial charge >= 0.3 is 0 Å². The van der Waals surface area contributed by atoms with Crippen LogP contribution in [0.2, 0.25) is 0 Å². The second-order valence-corrected chi connectivity index (χ2v) is 8.85. The van der Waals surface area contributed by atoms with Crippen LogP contribution in [0.1, 0.15) is 58.4 Å². The standard InChI is InChI=1S/C24H30N6O/c1-3-4-15(2)27-24-25-13-20-21(16-5-10-22-17(11-16)12-26-29-22)14-30(23(20)28-24)18-6-8-19(31)9-7-18/h5,10-15,18-19,31H,3-4,6-9H2,1-2H3,(H,26,29)(H,25,27,28)/t15?,18-,19-. The largest absolute Gasteiger partial charge is 0.393 e. The molecule has 4 aromatic rings. The molecular formula is C24H30N6O. The van der Waals surface area contributed by atoms with Crippen LogP contribution in [0.25, 0.3) is 33.1 Å². The first-order valence-electron chi connectivity index (χ1n) is 11.4. The summed E-state index contributed by atoms with van der Waals surface area (Å²) < 4.78 is 2.31. The van der Waals surface area contributed by atoms with Crippen molar-refractivity contribution in [2.75, 3.05) is 5.32 Å². The van der Waals surface area contributed by atoms with Gasteiger partial charge in [0.1, 0.15) is 5.65 Å². The molecule has 3 heterocycles. The van der Waals surface area contributed by atoms with Gasteiger partial charge in [0.05, 0.1) is 17.8 Å². The van der Waals surface area contributed by atoms with Crippen LogP contribution in [0.4, 0.5) is 5.95 Å². The summed E-state index contributed by atoms with van der Waals surface area (Å²) in [5.41, 5.74) is 4.26. The fourth-order valence-electron chi connectivity index (χ4n) is 4.78. The van der Waals surface area contributed by atoms with Gasteiger partial charge in [0.2, 0.25) is 5.95 Å². The van der Waals surface area contributed by atoms with Crippen LogP contribution >= 0.6 is 0 Å². The number of hydrogen-bond donors (Lipinski definition) is 3. The van der Waals surface area contributed by atoms with Crippen molar-refractivity contribution in [2.24, 2.45) is 0 Å². The van der Waals surface area contributed by atoms with Gasteiger partial charge < -0.3 is 15.0 Å². The number of rotatable bonds is 6. The summed E-state index contributed by atoms with van der Waals surface area (Å²) in [5.74, 6) is 0.681. The van der Waals surface area contributed by atoms with E-state index in [9.17, 15) is 5.11 Å². The van der Waals surface area contributed by atoms with E-state index < -0.39 is 0 Å². The molecule has 1 saturated carbocycles. The molecule has 3 aromatic heterocycles. The Morgan fingerprint density at radius 1 is 1.23 bits per heavy atom. The molecule has 1 unspecified atom stereocenters. The second kappa shape index (κ2) is 8.30. The number of nitrogens with one attached hydrogen (secondary N) is 2. The highest BCUT2D eigenvalue weighted by atomic mass is 16.3. The van der Waals surface area contributed by atoms with Crippen molar-refractivity contribution in [3.63, 3.8) is 0 Å². The van der Waals surface area contributed by atoms with Crippen molar-refractivity contribution in [1.82, 2.24) is 24.7 Å². The average molecular weight is 419 g/mol. The van der Waals surface area contributed by atoms with Crippen LogP contribution in [0.3, 0.4) is 0 Å². The van der Waals surface area contributed by atoms with Gasteiger partial charge in [-0.3, -0.25) is 5.10 Å². The van der Waals surface area contributed by atoms with Gasteiger partial charge in [-0.05, 0) is 56.7 Å². The third kappa shape index (κ3) is 3.90. The minimum atomic E-state index is -0.178. The Morgan fingerprint density at radius 3 is 2.87 bits per heavy atom. The number of anilines is 1. The summed E-state index contributed by atoms with van der Waals surface area (Å²) in [4.78, 5) is 9.59. The number of fused-ring (bicyclic) bond motifs is 2. The van der Waals surface area contributed by atoms with E-state index in [1.807, 2.05) is 12.4 Å². The first kappa shape index (κ1) is 20.0. The summed E-state index contributed by atoms with van der Waals surface area (Å²) in [6, 6.07) is 7.03. The van der Waals surface area contributed by atoms with E-state index in [2.05, 4.69) is 63.3 Å². The molecule has 7 heteroatoms. The molecular weight excluding hydrogens is 388 g/mol. The van der Waals surface area contributed by atoms with E-state index in [1.165, 1.54) is 0 Å². The number of benzene rings is 1. The fourth-order valence-corrected chi connectivity index (χ4v) is 4.78. The Hall–Kier alpha value is -2.93. The molecule has 1 atom stereocenters. The summed E-state index contributed by atoms with van der Waals surface area (Å²) in [5, 5.41) is 22.8. The zero-order valence-electron chi connectivity index (χ0n) is 18.2. The van der Waals surface area contributed by atoms with Gasteiger partial charge in [0.15, 0.2) is 0 Å². The first-order chi connectivity index (χ1) is 15.1. The van der Waals surface area contributed by atoms with Crippen LogP contribution < -0.4 is 5.32 Å². The predicted octanol–water partition coefficient (Wildman–Crippen LogP) is 5.05. The van der Waals surface area contributed by atoms with E-state index in [-0.39, 0.29) is 6.10 Å². The van der Waals surface area contributed by atoms with Crippen LogP contribution in [-0.2, 0) is 0 Å². The lowest BCUT2D eigenvalue weighted by molar-refractivity contribution is 0.111. The van der Waals surface area contributed by atoms with Gasteiger partial charge in [0, 0.05) is 40.8 Å². The molecule has 5 rings (SSSR count). The predicted molar refractivity (Wildman–Crippen MR) is 124 cm³/mol. The number of H-pyrrole nitrogens is 1. The molecule has 0 spiro atoms. The maximum atomic E-state index is 9.99. The molecule has 0 radical (unpaired) electrons. The highest BCUT2D eigenvalue weighted by molar-refractivity contribution is 5.96. The number of aromatic nitrogens is 5. The van der Waals surface area contributed by atoms with Gasteiger partial charge in [-0.15, -0.1) is 0 Å². The molecule has 3 N–H and O–H groups in total. The van der Waals surface area contributed by atoms with E-state index in [0.29, 0.717) is 18.0 Å². The average Bonchev–Trinajstić information content (AvgIpc) is 3.38. The molecule has 0 amide bonds. The Morgan fingerprint density at radius 2 is 2.06 bits per heavy atom. The number of aliphatic hydroxyl groups is 1.